The van der Waals surface area contributed by atoms with Gasteiger partial charge in [0.25, 0.3) is 0 Å². The Morgan fingerprint density at radius 2 is 1.96 bits per heavy atom. The highest BCUT2D eigenvalue weighted by atomic mass is 16.3. The van der Waals surface area contributed by atoms with Crippen LogP contribution < -0.4 is 10.6 Å². The van der Waals surface area contributed by atoms with Crippen molar-refractivity contribution in [3.63, 3.8) is 0 Å². The molecule has 1 fully saturated rings. The topological polar surface area (TPSA) is 87.4 Å². The van der Waals surface area contributed by atoms with Gasteiger partial charge >= 0.3 is 0 Å². The molecule has 4 rings (SSSR count). The minimum atomic E-state index is -0.154. The van der Waals surface area contributed by atoms with Crippen molar-refractivity contribution in [2.75, 3.05) is 10.6 Å². The van der Waals surface area contributed by atoms with Crippen LogP contribution in [0, 0.1) is 6.92 Å². The number of anilines is 3. The molecule has 7 heteroatoms. The molecular weight excluding hydrogens is 316 g/mol. The first-order chi connectivity index (χ1) is 12.2. The second kappa shape index (κ2) is 6.68. The number of rotatable bonds is 4. The van der Waals surface area contributed by atoms with Gasteiger partial charge in [0.2, 0.25) is 5.95 Å². The average molecular weight is 338 g/mol. The summed E-state index contributed by atoms with van der Waals surface area (Å²) in [5.41, 5.74) is 2.61. The molecule has 3 aromatic heterocycles. The zero-order chi connectivity index (χ0) is 17.2. The summed E-state index contributed by atoms with van der Waals surface area (Å²) in [4.78, 5) is 8.80. The van der Waals surface area contributed by atoms with Crippen LogP contribution in [0.15, 0.2) is 36.5 Å². The highest BCUT2D eigenvalue weighted by molar-refractivity contribution is 5.57. The number of pyridine rings is 2. The first kappa shape index (κ1) is 15.8. The van der Waals surface area contributed by atoms with Crippen molar-refractivity contribution >= 4 is 23.1 Å². The van der Waals surface area contributed by atoms with Crippen LogP contribution in [-0.2, 0) is 0 Å². The number of hydrogen-bond donors (Lipinski definition) is 3. The first-order valence-electron chi connectivity index (χ1n) is 8.67. The van der Waals surface area contributed by atoms with E-state index in [1.807, 2.05) is 41.8 Å². The second-order valence-corrected chi connectivity index (χ2v) is 6.58. The number of hydrogen-bond acceptors (Lipinski definition) is 6. The van der Waals surface area contributed by atoms with Crippen LogP contribution in [0.25, 0.3) is 5.65 Å². The zero-order valence-corrected chi connectivity index (χ0v) is 14.2. The van der Waals surface area contributed by atoms with E-state index in [2.05, 4.69) is 25.7 Å². The number of aliphatic hydroxyl groups is 1. The fraction of sp³-hybridized carbons (Fsp3) is 0.389. The van der Waals surface area contributed by atoms with Gasteiger partial charge in [-0.2, -0.15) is 9.50 Å². The number of aryl methyl sites for hydroxylation is 1. The number of fused-ring (bicyclic) bond motifs is 1. The van der Waals surface area contributed by atoms with Gasteiger partial charge in [-0.3, -0.25) is 4.98 Å². The zero-order valence-electron chi connectivity index (χ0n) is 14.2. The Labute approximate surface area is 146 Å². The van der Waals surface area contributed by atoms with Crippen LogP contribution in [0.3, 0.4) is 0 Å². The van der Waals surface area contributed by atoms with Crippen molar-refractivity contribution < 1.29 is 5.11 Å². The lowest BCUT2D eigenvalue weighted by Gasteiger charge is -2.26. The van der Waals surface area contributed by atoms with E-state index in [1.165, 1.54) is 0 Å². The quantitative estimate of drug-likeness (QED) is 0.678. The molecule has 0 aromatic carbocycles. The normalized spacial score (nSPS) is 20.6. The largest absolute Gasteiger partial charge is 0.393 e. The molecule has 0 bridgehead atoms. The molecule has 130 valence electrons. The number of aromatic nitrogens is 4. The van der Waals surface area contributed by atoms with Crippen molar-refractivity contribution in [3.8, 4) is 0 Å². The van der Waals surface area contributed by atoms with Gasteiger partial charge in [0, 0.05) is 11.7 Å². The second-order valence-electron chi connectivity index (χ2n) is 6.58. The monoisotopic (exact) mass is 338 g/mol. The van der Waals surface area contributed by atoms with Gasteiger partial charge in [0.15, 0.2) is 5.65 Å². The van der Waals surface area contributed by atoms with Gasteiger partial charge in [-0.25, -0.2) is 0 Å². The summed E-state index contributed by atoms with van der Waals surface area (Å²) in [6, 6.07) is 10.2. The third-order valence-electron chi connectivity index (χ3n) is 4.58. The molecule has 1 aliphatic carbocycles. The molecule has 0 unspecified atom stereocenters. The maximum absolute atomic E-state index is 9.66. The van der Waals surface area contributed by atoms with Crippen molar-refractivity contribution in [3.05, 3.63) is 42.2 Å². The standard InChI is InChI=1S/C18H22N6O/c1-12-5-6-14(11-19-12)21-18-22-17-4-2-3-16(24(17)23-18)20-13-7-9-15(25)10-8-13/h2-6,11,13,15,20,25H,7-10H2,1H3,(H,21,23). The van der Waals surface area contributed by atoms with E-state index in [4.69, 9.17) is 0 Å². The average Bonchev–Trinajstić information content (AvgIpc) is 3.02. The fourth-order valence-electron chi connectivity index (χ4n) is 3.17. The van der Waals surface area contributed by atoms with Crippen LogP contribution in [-0.4, -0.2) is 36.8 Å². The molecule has 3 heterocycles. The number of nitrogens with one attached hydrogen (secondary N) is 2. The summed E-state index contributed by atoms with van der Waals surface area (Å²) >= 11 is 0. The number of aliphatic hydroxyl groups excluding tert-OH is 1. The Morgan fingerprint density at radius 1 is 1.12 bits per heavy atom. The molecular formula is C18H22N6O. The summed E-state index contributed by atoms with van der Waals surface area (Å²) in [5.74, 6) is 1.46. The van der Waals surface area contributed by atoms with E-state index in [-0.39, 0.29) is 6.10 Å². The Balaban J connectivity index is 1.54. The molecule has 7 nitrogen and oxygen atoms in total. The Hall–Kier alpha value is -2.67. The van der Waals surface area contributed by atoms with Gasteiger partial charge in [-0.1, -0.05) is 6.07 Å². The summed E-state index contributed by atoms with van der Waals surface area (Å²) in [7, 11) is 0. The third kappa shape index (κ3) is 3.56. The van der Waals surface area contributed by atoms with Gasteiger partial charge < -0.3 is 15.7 Å². The van der Waals surface area contributed by atoms with E-state index in [0.717, 1.165) is 48.5 Å². The highest BCUT2D eigenvalue weighted by Gasteiger charge is 2.20. The van der Waals surface area contributed by atoms with E-state index in [1.54, 1.807) is 6.20 Å². The molecule has 3 aromatic rings. The molecule has 25 heavy (non-hydrogen) atoms. The van der Waals surface area contributed by atoms with Crippen LogP contribution in [0.2, 0.25) is 0 Å². The lowest BCUT2D eigenvalue weighted by Crippen LogP contribution is -2.29. The van der Waals surface area contributed by atoms with E-state index >= 15 is 0 Å². The van der Waals surface area contributed by atoms with Gasteiger partial charge in [-0.05, 0) is 56.9 Å². The lowest BCUT2D eigenvalue weighted by atomic mass is 9.93. The maximum Gasteiger partial charge on any atom is 0.247 e. The fourth-order valence-corrected chi connectivity index (χ4v) is 3.17. The molecule has 1 aliphatic rings. The number of nitrogens with zero attached hydrogens (tertiary/aromatic N) is 4. The van der Waals surface area contributed by atoms with Gasteiger partial charge in [0.05, 0.1) is 18.0 Å². The van der Waals surface area contributed by atoms with Crippen LogP contribution in [0.5, 0.6) is 0 Å². The SMILES string of the molecule is Cc1ccc(Nc2nc3cccc(NC4CCC(O)CC4)n3n2)cn1. The van der Waals surface area contributed by atoms with Crippen LogP contribution >= 0.6 is 0 Å². The molecule has 3 N–H and O–H groups in total. The lowest BCUT2D eigenvalue weighted by molar-refractivity contribution is 0.126. The Kier molecular flexibility index (Phi) is 4.23. The highest BCUT2D eigenvalue weighted by Crippen LogP contribution is 2.23. The van der Waals surface area contributed by atoms with Crippen LogP contribution in [0.1, 0.15) is 31.4 Å². The van der Waals surface area contributed by atoms with Crippen molar-refractivity contribution in [1.29, 1.82) is 0 Å². The minimum absolute atomic E-state index is 0.154. The predicted octanol–water partition coefficient (Wildman–Crippen LogP) is 2.89. The van der Waals surface area contributed by atoms with Crippen molar-refractivity contribution in [2.45, 2.75) is 44.8 Å². The summed E-state index contributed by atoms with van der Waals surface area (Å²) in [6.45, 7) is 1.95. The molecule has 0 radical (unpaired) electrons. The minimum Gasteiger partial charge on any atom is -0.393 e. The molecule has 0 atom stereocenters. The molecule has 0 aliphatic heterocycles. The molecule has 1 saturated carbocycles. The molecule has 0 spiro atoms. The van der Waals surface area contributed by atoms with Gasteiger partial charge in [-0.15, -0.1) is 5.10 Å². The first-order valence-corrected chi connectivity index (χ1v) is 8.67. The summed E-state index contributed by atoms with van der Waals surface area (Å²) < 4.78 is 1.81. The summed E-state index contributed by atoms with van der Waals surface area (Å²) in [6.07, 6.45) is 5.24. The Bertz CT molecular complexity index is 852. The van der Waals surface area contributed by atoms with E-state index in [9.17, 15) is 5.11 Å². The summed E-state index contributed by atoms with van der Waals surface area (Å²) in [5, 5.41) is 21.0. The van der Waals surface area contributed by atoms with E-state index in [0.29, 0.717) is 12.0 Å². The smallest absolute Gasteiger partial charge is 0.247 e. The van der Waals surface area contributed by atoms with Gasteiger partial charge in [0.1, 0.15) is 5.82 Å². The van der Waals surface area contributed by atoms with Crippen molar-refractivity contribution in [2.24, 2.45) is 0 Å². The van der Waals surface area contributed by atoms with Crippen molar-refractivity contribution in [1.82, 2.24) is 19.6 Å². The van der Waals surface area contributed by atoms with E-state index < -0.39 is 0 Å². The molecule has 0 saturated heterocycles. The molecule has 0 amide bonds. The Morgan fingerprint density at radius 3 is 2.72 bits per heavy atom. The predicted molar refractivity (Wildman–Crippen MR) is 97.1 cm³/mol. The van der Waals surface area contributed by atoms with Crippen LogP contribution in [0.4, 0.5) is 17.5 Å². The maximum atomic E-state index is 9.66. The third-order valence-corrected chi connectivity index (χ3v) is 4.58.